The summed E-state index contributed by atoms with van der Waals surface area (Å²) in [6.45, 7) is 0. The van der Waals surface area contributed by atoms with Gasteiger partial charge < -0.3 is 0 Å². The molecule has 11 rings (SSSR count). The van der Waals surface area contributed by atoms with Gasteiger partial charge in [0.15, 0.2) is 0 Å². The van der Waals surface area contributed by atoms with E-state index in [4.69, 9.17) is 0 Å². The Kier molecular flexibility index (Phi) is 6.72. The summed E-state index contributed by atoms with van der Waals surface area (Å²) in [4.78, 5) is 0. The van der Waals surface area contributed by atoms with Gasteiger partial charge in [-0.3, -0.25) is 0 Å². The predicted octanol–water partition coefficient (Wildman–Crippen LogP) is 14.5. The molecule has 8 aromatic carbocycles. The number of hydrogen-bond donors (Lipinski definition) is 0. The molecule has 0 amide bonds. The summed E-state index contributed by atoms with van der Waals surface area (Å²) in [5.41, 5.74) is 10.5. The standard InChI is InChI=1S/C48H28S2Se/c1-3-12-34-32(10-1)44(33-11-2-4-13-35(33)45(34)30-22-24-49-27-30)29-20-21-40-43(26-29)51-42-19-9-18-41(48(40)42)47-38-16-7-5-14-36(38)46(31-23-25-50-28-31)37-15-6-8-17-39(37)47/h1-28H. The van der Waals surface area contributed by atoms with Gasteiger partial charge in [0, 0.05) is 0 Å². The van der Waals surface area contributed by atoms with Crippen LogP contribution in [0, 0.1) is 0 Å². The van der Waals surface area contributed by atoms with Crippen molar-refractivity contribution < 1.29 is 0 Å². The van der Waals surface area contributed by atoms with E-state index in [1.165, 1.54) is 107 Å². The summed E-state index contributed by atoms with van der Waals surface area (Å²) in [5.74, 6) is 0. The molecule has 3 heterocycles. The molecule has 0 aliphatic carbocycles. The number of hydrogen-bond acceptors (Lipinski definition) is 2. The monoisotopic (exact) mass is 748 g/mol. The van der Waals surface area contributed by atoms with Crippen LogP contribution >= 0.6 is 22.7 Å². The molecule has 3 aromatic heterocycles. The number of benzene rings is 8. The van der Waals surface area contributed by atoms with Crippen molar-refractivity contribution >= 4 is 99.6 Å². The van der Waals surface area contributed by atoms with E-state index >= 15 is 0 Å². The van der Waals surface area contributed by atoms with Crippen molar-refractivity contribution in [3.63, 3.8) is 0 Å². The Morgan fingerprint density at radius 3 is 1.24 bits per heavy atom. The second-order valence-electron chi connectivity index (χ2n) is 13.2. The van der Waals surface area contributed by atoms with Crippen LogP contribution in [-0.4, -0.2) is 14.5 Å². The average Bonchev–Trinajstić information content (AvgIpc) is 3.98. The molecule has 0 nitrogen and oxygen atoms in total. The van der Waals surface area contributed by atoms with Gasteiger partial charge in [-0.1, -0.05) is 0 Å². The minimum absolute atomic E-state index is 0.196. The number of fused-ring (bicyclic) bond motifs is 7. The van der Waals surface area contributed by atoms with Crippen molar-refractivity contribution in [1.82, 2.24) is 0 Å². The van der Waals surface area contributed by atoms with Crippen LogP contribution in [-0.2, 0) is 0 Å². The Morgan fingerprint density at radius 1 is 0.333 bits per heavy atom. The summed E-state index contributed by atoms with van der Waals surface area (Å²) in [7, 11) is 0. The third-order valence-electron chi connectivity index (χ3n) is 10.5. The van der Waals surface area contributed by atoms with Gasteiger partial charge in [0.25, 0.3) is 0 Å². The number of rotatable bonds is 4. The Hall–Kier alpha value is -5.28. The van der Waals surface area contributed by atoms with Gasteiger partial charge in [-0.15, -0.1) is 0 Å². The van der Waals surface area contributed by atoms with E-state index in [0.717, 1.165) is 0 Å². The Morgan fingerprint density at radius 2 is 0.784 bits per heavy atom. The molecule has 0 aliphatic heterocycles. The second kappa shape index (κ2) is 11.6. The third kappa shape index (κ3) is 4.43. The molecular formula is C48H28S2Se. The van der Waals surface area contributed by atoms with Crippen molar-refractivity contribution in [2.75, 3.05) is 0 Å². The quantitative estimate of drug-likeness (QED) is 0.124. The van der Waals surface area contributed by atoms with Crippen molar-refractivity contribution in [3.8, 4) is 44.5 Å². The zero-order valence-corrected chi connectivity index (χ0v) is 30.7. The fourth-order valence-corrected chi connectivity index (χ4v) is 12.2. The molecule has 0 radical (unpaired) electrons. The Labute approximate surface area is 309 Å². The van der Waals surface area contributed by atoms with Crippen molar-refractivity contribution in [2.45, 2.75) is 0 Å². The van der Waals surface area contributed by atoms with Gasteiger partial charge in [0.2, 0.25) is 0 Å². The van der Waals surface area contributed by atoms with E-state index in [9.17, 15) is 0 Å². The number of thiophene rings is 2. The fourth-order valence-electron chi connectivity index (χ4n) is 8.48. The molecule has 3 heteroatoms. The molecular weight excluding hydrogens is 720 g/mol. The molecule has 0 fully saturated rings. The Bertz CT molecular complexity index is 3010. The SMILES string of the molecule is c1cc(-c2c3ccccc3c(-c3ccsc3)c3ccccc23)c2c(c1)[se]c1cc(-c3c4ccccc4c(-c4ccsc4)c4ccccc34)ccc12. The molecule has 0 bridgehead atoms. The fraction of sp³-hybridized carbons (Fsp3) is 0. The van der Waals surface area contributed by atoms with Crippen LogP contribution < -0.4 is 0 Å². The minimum atomic E-state index is 0.196. The first-order valence-corrected chi connectivity index (χ1v) is 20.8. The molecule has 0 aliphatic rings. The molecule has 0 atom stereocenters. The summed E-state index contributed by atoms with van der Waals surface area (Å²) in [6.07, 6.45) is 0. The van der Waals surface area contributed by atoms with Crippen LogP contribution in [0.1, 0.15) is 0 Å². The summed E-state index contributed by atoms with van der Waals surface area (Å²) < 4.78 is 2.92. The van der Waals surface area contributed by atoms with E-state index < -0.39 is 0 Å². The van der Waals surface area contributed by atoms with E-state index in [1.807, 2.05) is 0 Å². The predicted molar refractivity (Wildman–Crippen MR) is 226 cm³/mol. The van der Waals surface area contributed by atoms with Gasteiger partial charge in [0.1, 0.15) is 0 Å². The van der Waals surface area contributed by atoms with Gasteiger partial charge in [-0.2, -0.15) is 0 Å². The molecule has 0 saturated heterocycles. The van der Waals surface area contributed by atoms with Crippen molar-refractivity contribution in [3.05, 3.63) is 167 Å². The van der Waals surface area contributed by atoms with Crippen molar-refractivity contribution in [1.29, 1.82) is 0 Å². The topological polar surface area (TPSA) is 0 Å². The van der Waals surface area contributed by atoms with E-state index in [-0.39, 0.29) is 14.5 Å². The molecule has 0 spiro atoms. The summed E-state index contributed by atoms with van der Waals surface area (Å²) in [6, 6.07) is 54.9. The maximum atomic E-state index is 2.51. The van der Waals surface area contributed by atoms with Gasteiger partial charge in [-0.05, 0) is 0 Å². The van der Waals surface area contributed by atoms with Crippen molar-refractivity contribution in [2.24, 2.45) is 0 Å². The molecule has 238 valence electrons. The first-order chi connectivity index (χ1) is 25.3. The van der Waals surface area contributed by atoms with Crippen LogP contribution in [0.5, 0.6) is 0 Å². The molecule has 0 saturated carbocycles. The second-order valence-corrected chi connectivity index (χ2v) is 17.0. The summed E-state index contributed by atoms with van der Waals surface area (Å²) >= 11 is 3.72. The van der Waals surface area contributed by atoms with E-state index in [1.54, 1.807) is 22.7 Å². The van der Waals surface area contributed by atoms with Gasteiger partial charge in [-0.25, -0.2) is 0 Å². The molecule has 0 unspecified atom stereocenters. The normalized spacial score (nSPS) is 11.9. The summed E-state index contributed by atoms with van der Waals surface area (Å²) in [5, 5.41) is 22.2. The van der Waals surface area contributed by atoms with Crippen LogP contribution in [0.25, 0.3) is 107 Å². The van der Waals surface area contributed by atoms with E-state index in [0.29, 0.717) is 0 Å². The first kappa shape index (κ1) is 29.4. The van der Waals surface area contributed by atoms with Crippen LogP contribution in [0.3, 0.4) is 0 Å². The van der Waals surface area contributed by atoms with Gasteiger partial charge >= 0.3 is 311 Å². The van der Waals surface area contributed by atoms with E-state index in [2.05, 4.69) is 167 Å². The van der Waals surface area contributed by atoms with Crippen LogP contribution in [0.4, 0.5) is 0 Å². The zero-order chi connectivity index (χ0) is 33.5. The average molecular weight is 748 g/mol. The third-order valence-corrected chi connectivity index (χ3v) is 14.2. The molecule has 51 heavy (non-hydrogen) atoms. The molecule has 0 N–H and O–H groups in total. The van der Waals surface area contributed by atoms with Crippen LogP contribution in [0.2, 0.25) is 0 Å². The molecule has 11 aromatic rings. The first-order valence-electron chi connectivity index (χ1n) is 17.2. The Balaban J connectivity index is 1.19. The maximum absolute atomic E-state index is 2.51. The van der Waals surface area contributed by atoms with Gasteiger partial charge in [0.05, 0.1) is 0 Å². The van der Waals surface area contributed by atoms with Crippen LogP contribution in [0.15, 0.2) is 167 Å². The zero-order valence-electron chi connectivity index (χ0n) is 27.4.